The number of carboxylic acids is 1. The van der Waals surface area contributed by atoms with Crippen molar-refractivity contribution in [2.75, 3.05) is 0 Å². The number of aromatic amines is 1. The molecule has 0 aliphatic heterocycles. The van der Waals surface area contributed by atoms with Gasteiger partial charge in [0, 0.05) is 11.8 Å². The molecule has 110 valence electrons. The van der Waals surface area contributed by atoms with Crippen molar-refractivity contribution in [3.8, 4) is 22.6 Å². The van der Waals surface area contributed by atoms with Gasteiger partial charge in [-0.15, -0.1) is 0 Å². The van der Waals surface area contributed by atoms with Crippen LogP contribution in [-0.2, 0) is 0 Å². The molecule has 1 heterocycles. The number of hydrogen-bond acceptors (Lipinski definition) is 3. The summed E-state index contributed by atoms with van der Waals surface area (Å²) < 4.78 is 5.77. The van der Waals surface area contributed by atoms with Gasteiger partial charge in [0.15, 0.2) is 0 Å². The summed E-state index contributed by atoms with van der Waals surface area (Å²) in [5.74, 6) is -0.0796. The Bertz CT molecular complexity index is 811. The number of aromatic nitrogens is 2. The quantitative estimate of drug-likeness (QED) is 0.765. The van der Waals surface area contributed by atoms with E-state index >= 15 is 0 Å². The zero-order chi connectivity index (χ0) is 15.5. The van der Waals surface area contributed by atoms with Gasteiger partial charge in [0.1, 0.15) is 17.1 Å². The largest absolute Gasteiger partial charge is 0.478 e. The van der Waals surface area contributed by atoms with E-state index in [1.54, 1.807) is 24.5 Å². The van der Waals surface area contributed by atoms with Crippen molar-refractivity contribution >= 4 is 5.97 Å². The Morgan fingerprint density at radius 3 is 2.64 bits per heavy atom. The summed E-state index contributed by atoms with van der Waals surface area (Å²) >= 11 is 0. The van der Waals surface area contributed by atoms with Crippen LogP contribution >= 0.6 is 0 Å². The lowest BCUT2D eigenvalue weighted by atomic mass is 10.1. The van der Waals surface area contributed by atoms with E-state index in [9.17, 15) is 9.90 Å². The Hall–Kier alpha value is -3.08. The summed E-state index contributed by atoms with van der Waals surface area (Å²) in [5, 5.41) is 16.0. The van der Waals surface area contributed by atoms with E-state index < -0.39 is 5.97 Å². The van der Waals surface area contributed by atoms with Crippen LogP contribution in [0, 0.1) is 6.92 Å². The molecule has 2 aromatic carbocycles. The zero-order valence-corrected chi connectivity index (χ0v) is 11.9. The van der Waals surface area contributed by atoms with Crippen molar-refractivity contribution < 1.29 is 14.6 Å². The van der Waals surface area contributed by atoms with Crippen molar-refractivity contribution in [3.63, 3.8) is 0 Å². The van der Waals surface area contributed by atoms with Crippen LogP contribution in [-0.4, -0.2) is 21.3 Å². The Morgan fingerprint density at radius 2 is 1.95 bits per heavy atom. The second-order valence-electron chi connectivity index (χ2n) is 4.87. The van der Waals surface area contributed by atoms with Gasteiger partial charge in [-0.1, -0.05) is 24.3 Å². The maximum Gasteiger partial charge on any atom is 0.339 e. The van der Waals surface area contributed by atoms with Crippen LogP contribution in [0.25, 0.3) is 11.1 Å². The number of H-pyrrole nitrogens is 1. The van der Waals surface area contributed by atoms with E-state index in [1.807, 2.05) is 37.3 Å². The Morgan fingerprint density at radius 1 is 1.14 bits per heavy atom. The van der Waals surface area contributed by atoms with Crippen LogP contribution in [0.4, 0.5) is 0 Å². The van der Waals surface area contributed by atoms with Crippen LogP contribution in [0.15, 0.2) is 54.9 Å². The van der Waals surface area contributed by atoms with Crippen LogP contribution in [0.5, 0.6) is 11.5 Å². The predicted octanol–water partition coefficient (Wildman–Crippen LogP) is 3.88. The van der Waals surface area contributed by atoms with Crippen molar-refractivity contribution in [2.24, 2.45) is 0 Å². The Labute approximate surface area is 127 Å². The average molecular weight is 294 g/mol. The number of aromatic carboxylic acids is 1. The first-order valence-electron chi connectivity index (χ1n) is 6.75. The molecule has 5 heteroatoms. The summed E-state index contributed by atoms with van der Waals surface area (Å²) in [5.41, 5.74) is 2.65. The van der Waals surface area contributed by atoms with E-state index in [4.69, 9.17) is 4.74 Å². The molecule has 0 spiro atoms. The van der Waals surface area contributed by atoms with Gasteiger partial charge in [0.05, 0.1) is 6.20 Å². The molecule has 2 N–H and O–H groups in total. The van der Waals surface area contributed by atoms with Crippen LogP contribution in [0.2, 0.25) is 0 Å². The molecule has 0 unspecified atom stereocenters. The number of benzene rings is 2. The van der Waals surface area contributed by atoms with Gasteiger partial charge in [0.2, 0.25) is 0 Å². The highest BCUT2D eigenvalue weighted by molar-refractivity contribution is 5.92. The number of para-hydroxylation sites is 1. The molecule has 0 bridgehead atoms. The second-order valence-corrected chi connectivity index (χ2v) is 4.87. The van der Waals surface area contributed by atoms with E-state index in [1.165, 1.54) is 0 Å². The molecule has 0 fully saturated rings. The molecule has 0 saturated heterocycles. The molecule has 0 aliphatic carbocycles. The van der Waals surface area contributed by atoms with Crippen molar-refractivity contribution in [3.05, 3.63) is 66.0 Å². The number of aryl methyl sites for hydroxylation is 1. The average Bonchev–Trinajstić information content (AvgIpc) is 3.04. The summed E-state index contributed by atoms with van der Waals surface area (Å²) in [6.45, 7) is 1.91. The van der Waals surface area contributed by atoms with Gasteiger partial charge in [0.25, 0.3) is 0 Å². The second kappa shape index (κ2) is 5.73. The minimum atomic E-state index is -1.03. The Balaban J connectivity index is 2.01. The fourth-order valence-corrected chi connectivity index (χ4v) is 2.16. The highest BCUT2D eigenvalue weighted by Gasteiger charge is 2.15. The minimum Gasteiger partial charge on any atom is -0.478 e. The monoisotopic (exact) mass is 294 g/mol. The van der Waals surface area contributed by atoms with Crippen molar-refractivity contribution in [1.29, 1.82) is 0 Å². The first-order valence-corrected chi connectivity index (χ1v) is 6.75. The van der Waals surface area contributed by atoms with Crippen LogP contribution in [0.1, 0.15) is 15.9 Å². The summed E-state index contributed by atoms with van der Waals surface area (Å²) in [7, 11) is 0. The molecule has 0 atom stereocenters. The standard InChI is InChI=1S/C17H14N2O3/c1-11-4-2-3-5-15(11)22-16-7-6-12(8-14(16)17(20)21)13-9-18-19-10-13/h2-10H,1H3,(H,18,19)(H,20,21). The molecule has 1 aromatic heterocycles. The number of ether oxygens (including phenoxy) is 1. The van der Waals surface area contributed by atoms with E-state index in [0.29, 0.717) is 11.5 Å². The van der Waals surface area contributed by atoms with Gasteiger partial charge in [-0.05, 0) is 36.2 Å². The molecule has 22 heavy (non-hydrogen) atoms. The van der Waals surface area contributed by atoms with Gasteiger partial charge < -0.3 is 9.84 Å². The lowest BCUT2D eigenvalue weighted by molar-refractivity contribution is 0.0694. The number of rotatable bonds is 4. The SMILES string of the molecule is Cc1ccccc1Oc1ccc(-c2cn[nH]c2)cc1C(=O)O. The molecule has 0 saturated carbocycles. The molecule has 5 nitrogen and oxygen atoms in total. The summed E-state index contributed by atoms with van der Waals surface area (Å²) in [6, 6.07) is 12.5. The predicted molar refractivity (Wildman–Crippen MR) is 82.2 cm³/mol. The van der Waals surface area contributed by atoms with Crippen LogP contribution < -0.4 is 4.74 Å². The first kappa shape index (κ1) is 13.9. The smallest absolute Gasteiger partial charge is 0.339 e. The summed E-state index contributed by atoms with van der Waals surface area (Å²) in [4.78, 5) is 11.5. The number of carbonyl (C=O) groups is 1. The van der Waals surface area contributed by atoms with Crippen molar-refractivity contribution in [2.45, 2.75) is 6.92 Å². The maximum atomic E-state index is 11.5. The number of hydrogen-bond donors (Lipinski definition) is 2. The topological polar surface area (TPSA) is 75.2 Å². The lowest BCUT2D eigenvalue weighted by Crippen LogP contribution is -2.01. The molecule has 3 rings (SSSR count). The first-order chi connectivity index (χ1) is 10.6. The van der Waals surface area contributed by atoms with Gasteiger partial charge >= 0.3 is 5.97 Å². The molecule has 0 aliphatic rings. The van der Waals surface area contributed by atoms with Crippen molar-refractivity contribution in [1.82, 2.24) is 10.2 Å². The lowest BCUT2D eigenvalue weighted by Gasteiger charge is -2.11. The van der Waals surface area contributed by atoms with Gasteiger partial charge in [-0.2, -0.15) is 5.10 Å². The van der Waals surface area contributed by atoms with E-state index in [0.717, 1.165) is 16.7 Å². The molecule has 0 radical (unpaired) electrons. The normalized spacial score (nSPS) is 10.4. The molecular formula is C17H14N2O3. The molecular weight excluding hydrogens is 280 g/mol. The third-order valence-electron chi connectivity index (χ3n) is 3.36. The van der Waals surface area contributed by atoms with E-state index in [2.05, 4.69) is 10.2 Å². The zero-order valence-electron chi connectivity index (χ0n) is 11.9. The van der Waals surface area contributed by atoms with Gasteiger partial charge in [-0.25, -0.2) is 4.79 Å². The van der Waals surface area contributed by atoms with Crippen LogP contribution in [0.3, 0.4) is 0 Å². The molecule has 3 aromatic rings. The number of carboxylic acid groups (broad SMARTS) is 1. The third kappa shape index (κ3) is 2.69. The van der Waals surface area contributed by atoms with E-state index in [-0.39, 0.29) is 5.56 Å². The minimum absolute atomic E-state index is 0.113. The fraction of sp³-hybridized carbons (Fsp3) is 0.0588. The number of nitrogens with one attached hydrogen (secondary N) is 1. The third-order valence-corrected chi connectivity index (χ3v) is 3.36. The Kier molecular flexibility index (Phi) is 3.62. The fourth-order valence-electron chi connectivity index (χ4n) is 2.16. The number of nitrogens with zero attached hydrogens (tertiary/aromatic N) is 1. The molecule has 0 amide bonds. The van der Waals surface area contributed by atoms with Gasteiger partial charge in [-0.3, -0.25) is 5.10 Å². The highest BCUT2D eigenvalue weighted by Crippen LogP contribution is 2.31. The highest BCUT2D eigenvalue weighted by atomic mass is 16.5. The summed E-state index contributed by atoms with van der Waals surface area (Å²) in [6.07, 6.45) is 3.35. The maximum absolute atomic E-state index is 11.5.